The van der Waals surface area contributed by atoms with Crippen molar-refractivity contribution in [3.63, 3.8) is 0 Å². The number of hydrogen-bond acceptors (Lipinski definition) is 4. The predicted octanol–water partition coefficient (Wildman–Crippen LogP) is 4.18. The van der Waals surface area contributed by atoms with Crippen LogP contribution < -0.4 is 4.74 Å². The average Bonchev–Trinajstić information content (AvgIpc) is 3.09. The van der Waals surface area contributed by atoms with Crippen LogP contribution >= 0.6 is 0 Å². The van der Waals surface area contributed by atoms with Gasteiger partial charge in [0.25, 0.3) is 0 Å². The Morgan fingerprint density at radius 3 is 2.24 bits per heavy atom. The van der Waals surface area contributed by atoms with E-state index in [-0.39, 0.29) is 30.1 Å². The molecular formula is C27H35N3O4. The number of methoxy groups -OCH3 is 1. The van der Waals surface area contributed by atoms with E-state index in [0.717, 1.165) is 37.0 Å². The second-order valence-corrected chi connectivity index (χ2v) is 9.80. The van der Waals surface area contributed by atoms with Gasteiger partial charge in [0.2, 0.25) is 0 Å². The summed E-state index contributed by atoms with van der Waals surface area (Å²) in [6, 6.07) is 18.3. The van der Waals surface area contributed by atoms with Gasteiger partial charge in [-0.1, -0.05) is 42.5 Å². The van der Waals surface area contributed by atoms with Crippen LogP contribution in [0.15, 0.2) is 54.6 Å². The van der Waals surface area contributed by atoms with E-state index in [1.165, 1.54) is 5.56 Å². The normalized spacial score (nSPS) is 24.8. The first-order valence-corrected chi connectivity index (χ1v) is 11.9. The topological polar surface area (TPSA) is 73.3 Å². The molecule has 1 heterocycles. The van der Waals surface area contributed by atoms with Gasteiger partial charge in [-0.3, -0.25) is 9.69 Å². The Morgan fingerprint density at radius 2 is 1.68 bits per heavy atom. The maximum atomic E-state index is 13.5. The molecule has 1 saturated heterocycles. The highest BCUT2D eigenvalue weighted by Gasteiger charge is 2.54. The molecule has 0 aromatic heterocycles. The number of carboxylic acid groups (broad SMARTS) is 1. The van der Waals surface area contributed by atoms with Gasteiger partial charge in [0.1, 0.15) is 5.75 Å². The van der Waals surface area contributed by atoms with E-state index in [1.54, 1.807) is 7.11 Å². The van der Waals surface area contributed by atoms with E-state index in [2.05, 4.69) is 43.3 Å². The Morgan fingerprint density at radius 1 is 1.03 bits per heavy atom. The highest BCUT2D eigenvalue weighted by molar-refractivity contribution is 5.79. The molecule has 1 saturated carbocycles. The van der Waals surface area contributed by atoms with Crippen molar-refractivity contribution >= 4 is 12.0 Å². The summed E-state index contributed by atoms with van der Waals surface area (Å²) >= 11 is 0. The fourth-order valence-electron chi connectivity index (χ4n) is 5.80. The number of hydrogen-bond donors (Lipinski definition) is 1. The summed E-state index contributed by atoms with van der Waals surface area (Å²) in [6.07, 6.45) is 3.46. The van der Waals surface area contributed by atoms with Gasteiger partial charge in [0, 0.05) is 25.2 Å². The third-order valence-corrected chi connectivity index (χ3v) is 7.82. The number of amides is 2. The van der Waals surface area contributed by atoms with Crippen LogP contribution in [0.4, 0.5) is 4.79 Å². The molecule has 2 aromatic rings. The third kappa shape index (κ3) is 4.49. The largest absolute Gasteiger partial charge is 0.497 e. The number of aliphatic carboxylic acids is 1. The molecule has 4 rings (SSSR count). The minimum absolute atomic E-state index is 0.0403. The van der Waals surface area contributed by atoms with E-state index in [4.69, 9.17) is 4.74 Å². The number of carbonyl (C=O) groups is 2. The second-order valence-electron chi connectivity index (χ2n) is 9.80. The van der Waals surface area contributed by atoms with Gasteiger partial charge in [-0.2, -0.15) is 0 Å². The lowest BCUT2D eigenvalue weighted by Crippen LogP contribution is -2.55. The highest BCUT2D eigenvalue weighted by atomic mass is 16.5. The lowest BCUT2D eigenvalue weighted by molar-refractivity contribution is -0.137. The smallest absolute Gasteiger partial charge is 0.320 e. The van der Waals surface area contributed by atoms with E-state index in [9.17, 15) is 14.7 Å². The molecule has 2 aliphatic rings. The Bertz CT molecular complexity index is 998. The molecule has 2 fully saturated rings. The zero-order valence-electron chi connectivity index (χ0n) is 20.4. The Balaban J connectivity index is 1.58. The lowest BCUT2D eigenvalue weighted by Gasteiger charge is -2.51. The van der Waals surface area contributed by atoms with Crippen LogP contribution in [0, 0.1) is 0 Å². The van der Waals surface area contributed by atoms with Crippen molar-refractivity contribution in [2.75, 3.05) is 34.3 Å². The van der Waals surface area contributed by atoms with Crippen LogP contribution in [0.25, 0.3) is 0 Å². The highest BCUT2D eigenvalue weighted by Crippen LogP contribution is 2.49. The van der Waals surface area contributed by atoms with E-state index >= 15 is 0 Å². The van der Waals surface area contributed by atoms with Gasteiger partial charge in [-0.25, -0.2) is 4.79 Å². The molecule has 2 amide bonds. The number of benzene rings is 2. The summed E-state index contributed by atoms with van der Waals surface area (Å²) < 4.78 is 5.25. The lowest BCUT2D eigenvalue weighted by atomic mass is 9.68. The first kappa shape index (κ1) is 24.1. The Kier molecular flexibility index (Phi) is 6.84. The summed E-state index contributed by atoms with van der Waals surface area (Å²) in [6.45, 7) is 1.37. The number of carbonyl (C=O) groups excluding carboxylic acids is 1. The molecule has 0 bridgehead atoms. The van der Waals surface area contributed by atoms with Crippen LogP contribution in [0.1, 0.15) is 43.2 Å². The van der Waals surface area contributed by atoms with Crippen molar-refractivity contribution in [1.29, 1.82) is 0 Å². The molecule has 2 aromatic carbocycles. The minimum atomic E-state index is -0.876. The number of nitrogens with zero attached hydrogens (tertiary/aromatic N) is 3. The van der Waals surface area contributed by atoms with Crippen LogP contribution in [0.5, 0.6) is 5.75 Å². The second kappa shape index (κ2) is 9.66. The van der Waals surface area contributed by atoms with E-state index in [0.29, 0.717) is 13.1 Å². The molecule has 1 N–H and O–H groups in total. The van der Waals surface area contributed by atoms with E-state index < -0.39 is 5.97 Å². The number of carboxylic acids is 1. The molecule has 0 atom stereocenters. The van der Waals surface area contributed by atoms with Gasteiger partial charge < -0.3 is 19.6 Å². The van der Waals surface area contributed by atoms with Gasteiger partial charge >= 0.3 is 12.0 Å². The Labute approximate surface area is 201 Å². The molecule has 1 spiro atoms. The minimum Gasteiger partial charge on any atom is -0.497 e. The standard InChI is InChI=1S/C27H35N3O4/c1-28(2)27(22-7-5-4-6-8-22)16-14-26(15-17-27)20-29(25(33)30(26)18-13-24(31)32)19-21-9-11-23(34-3)12-10-21/h4-12H,13-20H2,1-3H3,(H,31,32)/t26-,27-. The van der Waals surface area contributed by atoms with Gasteiger partial charge in [0.15, 0.2) is 0 Å². The molecule has 34 heavy (non-hydrogen) atoms. The van der Waals surface area contributed by atoms with Crippen molar-refractivity contribution in [1.82, 2.24) is 14.7 Å². The molecule has 1 aliphatic heterocycles. The monoisotopic (exact) mass is 465 g/mol. The summed E-state index contributed by atoms with van der Waals surface area (Å²) in [5.41, 5.74) is 1.91. The number of rotatable bonds is 8. The van der Waals surface area contributed by atoms with Crippen LogP contribution in [0.3, 0.4) is 0 Å². The molecule has 7 heteroatoms. The van der Waals surface area contributed by atoms with Gasteiger partial charge in [0.05, 0.1) is 19.1 Å². The zero-order valence-corrected chi connectivity index (χ0v) is 20.4. The van der Waals surface area contributed by atoms with Gasteiger partial charge in [-0.15, -0.1) is 0 Å². The third-order valence-electron chi connectivity index (χ3n) is 7.82. The molecular weight excluding hydrogens is 430 g/mol. The molecule has 0 unspecified atom stereocenters. The summed E-state index contributed by atoms with van der Waals surface area (Å²) in [7, 11) is 5.89. The van der Waals surface area contributed by atoms with Gasteiger partial charge in [-0.05, 0) is 63.0 Å². The maximum Gasteiger partial charge on any atom is 0.320 e. The molecule has 0 radical (unpaired) electrons. The summed E-state index contributed by atoms with van der Waals surface area (Å²) in [5.74, 6) is -0.0939. The maximum absolute atomic E-state index is 13.5. The molecule has 1 aliphatic carbocycles. The summed E-state index contributed by atoms with van der Waals surface area (Å²) in [4.78, 5) is 30.9. The SMILES string of the molecule is COc1ccc(CN2C[C@]3(CC[C@@](c4ccccc4)(N(C)C)CC3)N(CCC(=O)O)C2=O)cc1. The molecule has 7 nitrogen and oxygen atoms in total. The fourth-order valence-corrected chi connectivity index (χ4v) is 5.80. The zero-order chi connectivity index (χ0) is 24.3. The number of ether oxygens (including phenoxy) is 1. The predicted molar refractivity (Wildman–Crippen MR) is 131 cm³/mol. The summed E-state index contributed by atoms with van der Waals surface area (Å²) in [5, 5.41) is 9.33. The first-order valence-electron chi connectivity index (χ1n) is 11.9. The van der Waals surface area contributed by atoms with Crippen molar-refractivity contribution in [3.8, 4) is 5.75 Å². The van der Waals surface area contributed by atoms with E-state index in [1.807, 2.05) is 40.1 Å². The van der Waals surface area contributed by atoms with Crippen molar-refractivity contribution in [2.45, 2.75) is 49.7 Å². The quantitative estimate of drug-likeness (QED) is 0.633. The van der Waals surface area contributed by atoms with Crippen LogP contribution in [0.2, 0.25) is 0 Å². The molecule has 182 valence electrons. The Hall–Kier alpha value is -3.06. The van der Waals surface area contributed by atoms with Crippen molar-refractivity contribution in [3.05, 3.63) is 65.7 Å². The van der Waals surface area contributed by atoms with Crippen molar-refractivity contribution < 1.29 is 19.4 Å². The van der Waals surface area contributed by atoms with Crippen LogP contribution in [-0.4, -0.2) is 71.6 Å². The number of urea groups is 1. The van der Waals surface area contributed by atoms with Crippen LogP contribution in [-0.2, 0) is 16.9 Å². The fraction of sp³-hybridized carbons (Fsp3) is 0.481. The average molecular weight is 466 g/mol. The van der Waals surface area contributed by atoms with Crippen molar-refractivity contribution in [2.24, 2.45) is 0 Å². The first-order chi connectivity index (χ1) is 16.3.